The van der Waals surface area contributed by atoms with Gasteiger partial charge in [-0.1, -0.05) is 0 Å². The van der Waals surface area contributed by atoms with Crippen LogP contribution in [-0.2, 0) is 0 Å². The van der Waals surface area contributed by atoms with E-state index in [0.29, 0.717) is 0 Å². The zero-order chi connectivity index (χ0) is 0. The molecule has 0 aromatic rings. The Bertz CT molecular complexity index is 8.00. The summed E-state index contributed by atoms with van der Waals surface area (Å²) in [6, 6.07) is 0. The van der Waals surface area contributed by atoms with E-state index < -0.39 is 0 Å². The van der Waals surface area contributed by atoms with E-state index in [1.54, 1.807) is 0 Å². The summed E-state index contributed by atoms with van der Waals surface area (Å²) in [5.41, 5.74) is 0. The summed E-state index contributed by atoms with van der Waals surface area (Å²) >= 11 is 0. The van der Waals surface area contributed by atoms with Crippen LogP contribution in [0, 0.1) is 120 Å². The van der Waals surface area contributed by atoms with Crippen molar-refractivity contribution in [2.75, 3.05) is 0 Å². The summed E-state index contributed by atoms with van der Waals surface area (Å²) in [5, 5.41) is 0. The molecule has 4 heavy (non-hydrogen) atoms. The number of halogens is 1. The molecular weight excluding hydrogens is 467 g/mol. The van der Waals surface area contributed by atoms with Gasteiger partial charge in [-0.3, -0.25) is 4.70 Å². The molecule has 0 spiro atoms. The molecule has 0 saturated heterocycles. The van der Waals surface area contributed by atoms with Crippen molar-refractivity contribution in [1.82, 2.24) is 0 Å². The third kappa shape index (κ3) is 9.32. The van der Waals surface area contributed by atoms with Gasteiger partial charge in [0.2, 0.25) is 0 Å². The topological polar surface area (TPSA) is 0 Å². The fourth-order valence-corrected chi connectivity index (χ4v) is 0. The maximum Gasteiger partial charge on any atom is 0 e. The second-order valence-corrected chi connectivity index (χ2v) is 0. The van der Waals surface area contributed by atoms with Crippen LogP contribution in [0.2, 0.25) is 0 Å². The van der Waals surface area contributed by atoms with Crippen molar-refractivity contribution in [2.45, 2.75) is 0 Å². The zero-order valence-corrected chi connectivity index (χ0v) is 10.5. The number of rotatable bonds is 0. The van der Waals surface area contributed by atoms with Crippen molar-refractivity contribution in [3.05, 3.63) is 0 Å². The molecule has 0 atom stereocenters. The second kappa shape index (κ2) is 15.8. The van der Waals surface area contributed by atoms with Crippen molar-refractivity contribution < 1.29 is 125 Å². The Morgan fingerprint density at radius 2 is 1.00 bits per heavy atom. The molecule has 0 amide bonds. The van der Waals surface area contributed by atoms with Gasteiger partial charge in [-0.2, -0.15) is 0 Å². The van der Waals surface area contributed by atoms with Crippen LogP contribution in [0.1, 0.15) is 0 Å². The molecule has 0 aliphatic heterocycles. The minimum Gasteiger partial charge on any atom is -0.269 e. The first kappa shape index (κ1) is 24.7. The van der Waals surface area contributed by atoms with Crippen LogP contribution in [0.25, 0.3) is 0 Å². The number of hydrogen-bond acceptors (Lipinski definition) is 0. The second-order valence-electron chi connectivity index (χ2n) is 0. The van der Waals surface area contributed by atoms with Crippen molar-refractivity contribution in [3.63, 3.8) is 0 Å². The fourth-order valence-electron chi connectivity index (χ4n) is 0. The fraction of sp³-hybridized carbons (Fsp3) is 0. The van der Waals surface area contributed by atoms with Gasteiger partial charge in [0.05, 0.1) is 0 Å². The van der Waals surface area contributed by atoms with Crippen LogP contribution in [-0.4, -0.2) is 0 Å². The Morgan fingerprint density at radius 1 is 1.00 bits per heavy atom. The van der Waals surface area contributed by atoms with Gasteiger partial charge in [-0.15, -0.1) is 0 Å². The van der Waals surface area contributed by atoms with Crippen LogP contribution >= 0.6 is 0 Å². The molecule has 0 saturated carbocycles. The molecule has 0 unspecified atom stereocenters. The summed E-state index contributed by atoms with van der Waals surface area (Å²) in [6.07, 6.45) is 0. The predicted octanol–water partition coefficient (Wildman–Crippen LogP) is 0.153. The van der Waals surface area contributed by atoms with Gasteiger partial charge in [-0.05, 0) is 0 Å². The largest absolute Gasteiger partial charge is 0.269 e. The van der Waals surface area contributed by atoms with Crippen molar-refractivity contribution in [3.8, 4) is 0 Å². The molecule has 0 aliphatic carbocycles. The van der Waals surface area contributed by atoms with Gasteiger partial charge in [0, 0.05) is 120 Å². The maximum absolute atomic E-state index is 0. The first-order chi connectivity index (χ1) is 0. The molecule has 4 heteroatoms. The minimum atomic E-state index is 0. The van der Waals surface area contributed by atoms with E-state index >= 15 is 0 Å². The molecular formula is HCeErFPr. The molecule has 0 aliphatic rings. The van der Waals surface area contributed by atoms with Gasteiger partial charge in [0.1, 0.15) is 0 Å². The molecule has 0 N–H and O–H groups in total. The van der Waals surface area contributed by atoms with Crippen LogP contribution in [0.5, 0.6) is 0 Å². The summed E-state index contributed by atoms with van der Waals surface area (Å²) in [6.45, 7) is 0. The molecule has 0 rings (SSSR count). The smallest absolute Gasteiger partial charge is 0 e. The van der Waals surface area contributed by atoms with Gasteiger partial charge in [0.25, 0.3) is 0 Å². The summed E-state index contributed by atoms with van der Waals surface area (Å²) in [7, 11) is 0. The Morgan fingerprint density at radius 3 is 1.00 bits per heavy atom. The standard InChI is InChI=1S/Ce.Er.FH.Pr/h;;1H;. The van der Waals surface area contributed by atoms with E-state index in [0.717, 1.165) is 0 Å². The van der Waals surface area contributed by atoms with Crippen LogP contribution in [0.15, 0.2) is 0 Å². The summed E-state index contributed by atoms with van der Waals surface area (Å²) < 4.78 is 0. The van der Waals surface area contributed by atoms with Crippen molar-refractivity contribution in [1.29, 1.82) is 0 Å². The first-order valence-electron chi connectivity index (χ1n) is 0. The Labute approximate surface area is 121 Å². The monoisotopic (exact) mass is 467 g/mol. The minimum absolute atomic E-state index is 0. The predicted molar refractivity (Wildman–Crippen MR) is 2.50 cm³/mol. The SMILES string of the molecule is F.[Ce].[Er].[Pr]. The van der Waals surface area contributed by atoms with Crippen molar-refractivity contribution in [2.24, 2.45) is 0 Å². The summed E-state index contributed by atoms with van der Waals surface area (Å²) in [5.74, 6) is 0. The molecule has 0 aromatic carbocycles. The third-order valence-corrected chi connectivity index (χ3v) is 0. The maximum atomic E-state index is 0. The van der Waals surface area contributed by atoms with E-state index in [1.165, 1.54) is 0 Å². The van der Waals surface area contributed by atoms with E-state index in [9.17, 15) is 0 Å². The average Bonchev–Trinajstić information content (AvgIpc) is 0. The van der Waals surface area contributed by atoms with E-state index in [4.69, 9.17) is 0 Å². The quantitative estimate of drug-likeness (QED) is 0.475. The third-order valence-electron chi connectivity index (χ3n) is 0. The van der Waals surface area contributed by atoms with Crippen molar-refractivity contribution >= 4 is 0 Å². The van der Waals surface area contributed by atoms with Gasteiger partial charge in [0.15, 0.2) is 0 Å². The number of hydrogen-bond donors (Lipinski definition) is 0. The Kier molecular flexibility index (Phi) is 97.4. The van der Waals surface area contributed by atoms with Crippen LogP contribution in [0.3, 0.4) is 0 Å². The van der Waals surface area contributed by atoms with E-state index in [-0.39, 0.29) is 125 Å². The molecule has 1 radical (unpaired) electrons. The van der Waals surface area contributed by atoms with E-state index in [1.807, 2.05) is 0 Å². The summed E-state index contributed by atoms with van der Waals surface area (Å²) in [4.78, 5) is 0. The molecule has 0 aromatic heterocycles. The molecule has 27 valence electrons. The van der Waals surface area contributed by atoms with Gasteiger partial charge in [-0.25, -0.2) is 0 Å². The Hall–Kier alpha value is 3.92. The van der Waals surface area contributed by atoms with Gasteiger partial charge < -0.3 is 0 Å². The van der Waals surface area contributed by atoms with E-state index in [2.05, 4.69) is 0 Å². The molecule has 0 bridgehead atoms. The van der Waals surface area contributed by atoms with Gasteiger partial charge >= 0.3 is 0 Å². The first-order valence-corrected chi connectivity index (χ1v) is 0. The van der Waals surface area contributed by atoms with Crippen LogP contribution < -0.4 is 0 Å². The molecule has 0 heterocycles. The Balaban J connectivity index is 0. The molecule has 0 fully saturated rings. The molecule has 0 nitrogen and oxygen atoms in total. The average molecular weight is 468 g/mol. The van der Waals surface area contributed by atoms with Crippen LogP contribution in [0.4, 0.5) is 4.70 Å². The zero-order valence-electron chi connectivity index (χ0n) is 1.77. The normalized spacial score (nSPS) is 0.